The van der Waals surface area contributed by atoms with E-state index in [4.69, 9.17) is 30.8 Å². The number of esters is 1. The van der Waals surface area contributed by atoms with Crippen molar-refractivity contribution in [3.63, 3.8) is 0 Å². The van der Waals surface area contributed by atoms with Crippen molar-refractivity contribution in [1.82, 2.24) is 24.2 Å². The third-order valence-corrected chi connectivity index (χ3v) is 9.61. The summed E-state index contributed by atoms with van der Waals surface area (Å²) < 4.78 is 59.5. The third kappa shape index (κ3) is 7.05. The molecule has 2 fully saturated rings. The Balaban J connectivity index is 1.47. The van der Waals surface area contributed by atoms with E-state index in [0.717, 1.165) is 6.07 Å². The molecule has 3 aliphatic rings. The fourth-order valence-corrected chi connectivity index (χ4v) is 7.24. The number of piperazine rings is 1. The number of nitrogens with one attached hydrogen (secondary N) is 2. The van der Waals surface area contributed by atoms with E-state index in [1.54, 1.807) is 32.3 Å². The average molecular weight is 671 g/mol. The van der Waals surface area contributed by atoms with E-state index in [9.17, 15) is 22.4 Å². The number of aliphatic imine (C=N–C) groups is 1. The van der Waals surface area contributed by atoms with Crippen LogP contribution in [0.4, 0.5) is 9.18 Å². The van der Waals surface area contributed by atoms with Crippen LogP contribution < -0.4 is 10.0 Å². The van der Waals surface area contributed by atoms with Crippen molar-refractivity contribution in [3.05, 3.63) is 62.5 Å². The number of methoxy groups -OCH3 is 1. The quantitative estimate of drug-likeness (QED) is 0.421. The Morgan fingerprint density at radius 2 is 1.95 bits per heavy atom. The minimum Gasteiger partial charge on any atom is -0.466 e. The number of carbonyl (C=O) groups is 2. The maximum absolute atomic E-state index is 14.0. The predicted octanol–water partition coefficient (Wildman–Crippen LogP) is 2.61. The molecule has 0 aliphatic carbocycles. The Labute approximate surface area is 263 Å². The van der Waals surface area contributed by atoms with Crippen LogP contribution in [-0.2, 0) is 29.2 Å². The molecule has 2 bridgehead atoms. The van der Waals surface area contributed by atoms with Crippen molar-refractivity contribution in [2.45, 2.75) is 44.5 Å². The SMILES string of the molecule is COC(=O)C1=C(CN2C3COCC2CN(S(=O)(=O)NC(=O)OC(C)(C)C)C3)NC(c2nccs2)=NC1c1ccc(F)cc1Cl. The molecule has 3 aliphatic heterocycles. The minimum absolute atomic E-state index is 0.0100. The van der Waals surface area contributed by atoms with Crippen LogP contribution in [0.3, 0.4) is 0 Å². The van der Waals surface area contributed by atoms with E-state index in [1.807, 2.05) is 9.62 Å². The zero-order valence-corrected chi connectivity index (χ0v) is 26.8. The number of nitrogens with zero attached hydrogens (tertiary/aromatic N) is 4. The van der Waals surface area contributed by atoms with Crippen LogP contribution in [0.1, 0.15) is 37.4 Å². The summed E-state index contributed by atoms with van der Waals surface area (Å²) in [7, 11) is -2.97. The van der Waals surface area contributed by atoms with Gasteiger partial charge < -0.3 is 19.5 Å². The number of aromatic nitrogens is 1. The van der Waals surface area contributed by atoms with E-state index in [0.29, 0.717) is 22.1 Å². The van der Waals surface area contributed by atoms with E-state index in [-0.39, 0.29) is 43.4 Å². The van der Waals surface area contributed by atoms with Gasteiger partial charge in [-0.3, -0.25) is 9.89 Å². The Bertz CT molecular complexity index is 1580. The highest BCUT2D eigenvalue weighted by molar-refractivity contribution is 7.87. The van der Waals surface area contributed by atoms with Crippen LogP contribution in [-0.4, -0.2) is 98.1 Å². The number of morpholine rings is 1. The Morgan fingerprint density at radius 1 is 1.25 bits per heavy atom. The van der Waals surface area contributed by atoms with Crippen molar-refractivity contribution in [1.29, 1.82) is 0 Å². The summed E-state index contributed by atoms with van der Waals surface area (Å²) in [5.74, 6) is -0.816. The van der Waals surface area contributed by atoms with Crippen LogP contribution in [0.5, 0.6) is 0 Å². The summed E-state index contributed by atoms with van der Waals surface area (Å²) in [5.41, 5.74) is 0.135. The van der Waals surface area contributed by atoms with Gasteiger partial charge in [0.15, 0.2) is 10.8 Å². The zero-order valence-electron chi connectivity index (χ0n) is 24.4. The molecule has 4 heterocycles. The zero-order chi connectivity index (χ0) is 31.8. The fourth-order valence-electron chi connectivity index (χ4n) is 5.26. The molecule has 2 N–H and O–H groups in total. The number of hydrogen-bond acceptors (Lipinski definition) is 12. The van der Waals surface area contributed by atoms with Gasteiger partial charge in [-0.2, -0.15) is 12.7 Å². The van der Waals surface area contributed by atoms with Crippen molar-refractivity contribution in [2.24, 2.45) is 4.99 Å². The topological polar surface area (TPSA) is 152 Å². The molecule has 238 valence electrons. The second-order valence-corrected chi connectivity index (χ2v) is 14.3. The summed E-state index contributed by atoms with van der Waals surface area (Å²) >= 11 is 7.79. The molecule has 0 spiro atoms. The molecule has 1 aromatic heterocycles. The van der Waals surface area contributed by atoms with Crippen LogP contribution in [0, 0.1) is 5.82 Å². The molecule has 1 aromatic carbocycles. The second-order valence-electron chi connectivity index (χ2n) is 11.3. The number of thiazole rings is 1. The van der Waals surface area contributed by atoms with Gasteiger partial charge in [-0.25, -0.2) is 23.7 Å². The third-order valence-electron chi connectivity index (χ3n) is 7.10. The normalized spacial score (nSPS) is 23.0. The molecule has 0 saturated carbocycles. The largest absolute Gasteiger partial charge is 0.466 e. The molecule has 17 heteroatoms. The smallest absolute Gasteiger partial charge is 0.422 e. The Kier molecular flexibility index (Phi) is 9.30. The van der Waals surface area contributed by atoms with Gasteiger partial charge in [-0.05, 0) is 32.9 Å². The Morgan fingerprint density at radius 3 is 2.55 bits per heavy atom. The van der Waals surface area contributed by atoms with Crippen LogP contribution in [0.15, 0.2) is 46.0 Å². The molecule has 2 aromatic rings. The molecule has 3 atom stereocenters. The first kappa shape index (κ1) is 32.2. The monoisotopic (exact) mass is 670 g/mol. The van der Waals surface area contributed by atoms with Crippen molar-refractivity contribution < 1.29 is 36.6 Å². The van der Waals surface area contributed by atoms with Gasteiger partial charge in [-0.1, -0.05) is 17.7 Å². The first-order chi connectivity index (χ1) is 20.8. The molecule has 2 saturated heterocycles. The lowest BCUT2D eigenvalue weighted by Crippen LogP contribution is -2.67. The molecular weight excluding hydrogens is 639 g/mol. The minimum atomic E-state index is -4.22. The highest BCUT2D eigenvalue weighted by Crippen LogP contribution is 2.37. The van der Waals surface area contributed by atoms with Crippen molar-refractivity contribution in [2.75, 3.05) is 40.0 Å². The summed E-state index contributed by atoms with van der Waals surface area (Å²) in [6.07, 6.45) is 0.552. The number of benzene rings is 1. The summed E-state index contributed by atoms with van der Waals surface area (Å²) in [6.45, 7) is 5.50. The molecule has 3 unspecified atom stereocenters. The molecule has 1 amide bonds. The lowest BCUT2D eigenvalue weighted by Gasteiger charge is -2.49. The van der Waals surface area contributed by atoms with Crippen LogP contribution in [0.2, 0.25) is 5.02 Å². The van der Waals surface area contributed by atoms with E-state index >= 15 is 0 Å². The Hall–Kier alpha value is -3.15. The van der Waals surface area contributed by atoms with Gasteiger partial charge in [0.05, 0.1) is 25.9 Å². The number of halogens is 2. The number of amidine groups is 1. The number of carbonyl (C=O) groups excluding carboxylic acids is 2. The van der Waals surface area contributed by atoms with Crippen molar-refractivity contribution >= 4 is 51.0 Å². The highest BCUT2D eigenvalue weighted by atomic mass is 35.5. The van der Waals surface area contributed by atoms with E-state index < -0.39 is 51.8 Å². The lowest BCUT2D eigenvalue weighted by atomic mass is 9.94. The van der Waals surface area contributed by atoms with Crippen LogP contribution >= 0.6 is 22.9 Å². The van der Waals surface area contributed by atoms with Gasteiger partial charge in [0.25, 0.3) is 0 Å². The predicted molar refractivity (Wildman–Crippen MR) is 160 cm³/mol. The van der Waals surface area contributed by atoms with E-state index in [1.165, 1.54) is 34.9 Å². The molecule has 5 rings (SSSR count). The maximum atomic E-state index is 14.0. The second kappa shape index (κ2) is 12.7. The molecule has 44 heavy (non-hydrogen) atoms. The summed E-state index contributed by atoms with van der Waals surface area (Å²) in [4.78, 5) is 36.7. The van der Waals surface area contributed by atoms with Gasteiger partial charge in [0.1, 0.15) is 17.5 Å². The maximum Gasteiger partial charge on any atom is 0.422 e. The number of ether oxygens (including phenoxy) is 3. The number of hydrogen-bond donors (Lipinski definition) is 2. The lowest BCUT2D eigenvalue weighted by molar-refractivity contribution is -0.136. The number of rotatable bonds is 7. The van der Waals surface area contributed by atoms with Gasteiger partial charge >= 0.3 is 22.3 Å². The molecular formula is C27H32ClFN6O7S2. The highest BCUT2D eigenvalue weighted by Gasteiger charge is 2.44. The number of fused-ring (bicyclic) bond motifs is 2. The van der Waals surface area contributed by atoms with Gasteiger partial charge in [0, 0.05) is 59.6 Å². The summed E-state index contributed by atoms with van der Waals surface area (Å²) in [6, 6.07) is 2.06. The molecule has 0 radical (unpaired) electrons. The van der Waals surface area contributed by atoms with Crippen LogP contribution in [0.25, 0.3) is 0 Å². The fraction of sp³-hybridized carbons (Fsp3) is 0.481. The number of amides is 1. The molecule has 13 nitrogen and oxygen atoms in total. The van der Waals surface area contributed by atoms with Gasteiger partial charge in [0.2, 0.25) is 0 Å². The standard InChI is InChI=1S/C27H32ClFN6O7S2/c1-27(2,3)42-26(37)33-44(38,39)34-10-16-13-41-14-17(11-34)35(16)12-20-21(25(36)40-4)22(18-6-5-15(29)9-19(18)28)32-23(31-20)24-30-7-8-43-24/h5-9,16-17,22H,10-14H2,1-4H3,(H,31,32)(H,33,37). The van der Waals surface area contributed by atoms with E-state index in [2.05, 4.69) is 10.3 Å². The first-order valence-corrected chi connectivity index (χ1v) is 16.3. The van der Waals surface area contributed by atoms with Gasteiger partial charge in [-0.15, -0.1) is 11.3 Å². The first-order valence-electron chi connectivity index (χ1n) is 13.6. The summed E-state index contributed by atoms with van der Waals surface area (Å²) in [5, 5.41) is 5.67. The average Bonchev–Trinajstić information content (AvgIpc) is 3.46. The van der Waals surface area contributed by atoms with Crippen molar-refractivity contribution in [3.8, 4) is 0 Å².